The average molecular weight is 242 g/mol. The zero-order chi connectivity index (χ0) is 12.1. The van der Waals surface area contributed by atoms with Crippen molar-refractivity contribution in [2.24, 2.45) is 0 Å². The number of thiazole rings is 1. The van der Waals surface area contributed by atoms with Gasteiger partial charge in [0.25, 0.3) is 0 Å². The first-order chi connectivity index (χ1) is 7.56. The highest BCUT2D eigenvalue weighted by molar-refractivity contribution is 7.09. The summed E-state index contributed by atoms with van der Waals surface area (Å²) in [6, 6.07) is 0. The molecule has 0 aliphatic carbocycles. The Morgan fingerprint density at radius 2 is 2.25 bits per heavy atom. The van der Waals surface area contributed by atoms with Crippen molar-refractivity contribution in [2.45, 2.75) is 20.4 Å². The van der Waals surface area contributed by atoms with Crippen LogP contribution in [0.15, 0.2) is 5.51 Å². The molecule has 0 atom stereocenters. The first-order valence-corrected chi connectivity index (χ1v) is 5.75. The fourth-order valence-electron chi connectivity index (χ4n) is 1.11. The second-order valence-electron chi connectivity index (χ2n) is 3.24. The highest BCUT2D eigenvalue weighted by Gasteiger charge is 2.20. The zero-order valence-corrected chi connectivity index (χ0v) is 10.3. The number of aryl methyl sites for hydroxylation is 1. The molecule has 88 valence electrons. The van der Waals surface area contributed by atoms with Crippen LogP contribution in [-0.2, 0) is 20.9 Å². The molecule has 0 radical (unpaired) electrons. The number of esters is 1. The molecule has 1 aromatic heterocycles. The Morgan fingerprint density at radius 1 is 1.56 bits per heavy atom. The van der Waals surface area contributed by atoms with Gasteiger partial charge in [-0.3, -0.25) is 4.79 Å². The maximum atomic E-state index is 11.5. The Bertz CT molecular complexity index is 389. The van der Waals surface area contributed by atoms with E-state index in [1.807, 2.05) is 6.92 Å². The molecule has 0 bridgehead atoms. The van der Waals surface area contributed by atoms with Gasteiger partial charge in [-0.1, -0.05) is 0 Å². The minimum absolute atomic E-state index is 0.206. The summed E-state index contributed by atoms with van der Waals surface area (Å²) in [4.78, 5) is 29.1. The van der Waals surface area contributed by atoms with Crippen LogP contribution in [0.3, 0.4) is 0 Å². The quantitative estimate of drug-likeness (QED) is 0.585. The molecule has 0 saturated heterocycles. The largest absolute Gasteiger partial charge is 0.459 e. The van der Waals surface area contributed by atoms with Crippen molar-refractivity contribution in [3.63, 3.8) is 0 Å². The molecule has 1 aromatic rings. The third kappa shape index (κ3) is 3.03. The first-order valence-electron chi connectivity index (χ1n) is 4.87. The number of likely N-dealkylation sites (N-methyl/N-ethyl adjacent to an activating group) is 1. The van der Waals surface area contributed by atoms with Gasteiger partial charge in [0.1, 0.15) is 0 Å². The lowest BCUT2D eigenvalue weighted by molar-refractivity contribution is -0.159. The van der Waals surface area contributed by atoms with E-state index in [1.54, 1.807) is 19.5 Å². The van der Waals surface area contributed by atoms with E-state index in [0.29, 0.717) is 6.54 Å². The number of carbonyl (C=O) groups is 2. The number of nitrogens with zero attached hydrogens (tertiary/aromatic N) is 2. The second-order valence-corrected chi connectivity index (χ2v) is 4.18. The van der Waals surface area contributed by atoms with E-state index in [0.717, 1.165) is 10.6 Å². The summed E-state index contributed by atoms with van der Waals surface area (Å²) in [5.41, 5.74) is 2.60. The summed E-state index contributed by atoms with van der Waals surface area (Å²) in [7, 11) is 1.57. The summed E-state index contributed by atoms with van der Waals surface area (Å²) in [6.07, 6.45) is 0. The Balaban J connectivity index is 2.59. The molecule has 0 aromatic carbocycles. The molecule has 0 aliphatic rings. The molecule has 0 aliphatic heterocycles. The minimum Gasteiger partial charge on any atom is -0.459 e. The Hall–Kier alpha value is -1.43. The van der Waals surface area contributed by atoms with E-state index in [9.17, 15) is 9.59 Å². The van der Waals surface area contributed by atoms with Crippen molar-refractivity contribution < 1.29 is 14.3 Å². The van der Waals surface area contributed by atoms with E-state index in [-0.39, 0.29) is 6.61 Å². The lowest BCUT2D eigenvalue weighted by atomic mass is 10.3. The fraction of sp³-hybridized carbons (Fsp3) is 0.500. The summed E-state index contributed by atoms with van der Waals surface area (Å²) in [5, 5.41) is 0. The molecule has 5 nitrogen and oxygen atoms in total. The van der Waals surface area contributed by atoms with Gasteiger partial charge >= 0.3 is 11.9 Å². The molecule has 1 rings (SSSR count). The number of rotatable bonds is 3. The molecule has 0 spiro atoms. The molecule has 0 saturated carbocycles. The van der Waals surface area contributed by atoms with Crippen LogP contribution in [-0.4, -0.2) is 35.4 Å². The zero-order valence-electron chi connectivity index (χ0n) is 9.52. The maximum absolute atomic E-state index is 11.5. The predicted octanol–water partition coefficient (Wildman–Crippen LogP) is 0.973. The van der Waals surface area contributed by atoms with Crippen molar-refractivity contribution in [1.82, 2.24) is 9.88 Å². The van der Waals surface area contributed by atoms with Crippen molar-refractivity contribution in [2.75, 3.05) is 13.7 Å². The molecular formula is C10H14N2O3S. The van der Waals surface area contributed by atoms with Crippen molar-refractivity contribution in [1.29, 1.82) is 0 Å². The monoisotopic (exact) mass is 242 g/mol. The normalized spacial score (nSPS) is 9.94. The highest BCUT2D eigenvalue weighted by Crippen LogP contribution is 2.14. The average Bonchev–Trinajstić information content (AvgIpc) is 2.63. The van der Waals surface area contributed by atoms with Gasteiger partial charge in [0.05, 0.1) is 24.4 Å². The molecule has 6 heteroatoms. The molecule has 0 N–H and O–H groups in total. The van der Waals surface area contributed by atoms with Crippen LogP contribution in [0, 0.1) is 6.92 Å². The standard InChI is InChI=1S/C10H14N2O3S/c1-4-15-10(14)9(13)12(3)5-8-7(2)11-6-16-8/h6H,4-5H2,1-3H3. The minimum atomic E-state index is -0.813. The Kier molecular flexibility index (Phi) is 4.42. The van der Waals surface area contributed by atoms with E-state index < -0.39 is 11.9 Å². The van der Waals surface area contributed by atoms with E-state index in [2.05, 4.69) is 9.72 Å². The van der Waals surface area contributed by atoms with Gasteiger partial charge in [0.15, 0.2) is 0 Å². The van der Waals surface area contributed by atoms with Gasteiger partial charge < -0.3 is 9.64 Å². The summed E-state index contributed by atoms with van der Waals surface area (Å²) in [6.45, 7) is 4.12. The number of hydrogen-bond acceptors (Lipinski definition) is 5. The van der Waals surface area contributed by atoms with Crippen LogP contribution in [0.2, 0.25) is 0 Å². The summed E-state index contributed by atoms with van der Waals surface area (Å²) < 4.78 is 4.63. The summed E-state index contributed by atoms with van der Waals surface area (Å²) >= 11 is 1.46. The van der Waals surface area contributed by atoms with Crippen LogP contribution in [0.25, 0.3) is 0 Å². The maximum Gasteiger partial charge on any atom is 0.397 e. The molecule has 0 unspecified atom stereocenters. The Labute approximate surface area is 98.0 Å². The lowest BCUT2D eigenvalue weighted by Crippen LogP contribution is -2.34. The van der Waals surface area contributed by atoms with Crippen LogP contribution >= 0.6 is 11.3 Å². The Morgan fingerprint density at radius 3 is 2.75 bits per heavy atom. The van der Waals surface area contributed by atoms with Gasteiger partial charge in [-0.15, -0.1) is 11.3 Å². The van der Waals surface area contributed by atoms with Crippen LogP contribution in [0.1, 0.15) is 17.5 Å². The third-order valence-electron chi connectivity index (χ3n) is 2.02. The molecule has 0 fully saturated rings. The number of hydrogen-bond donors (Lipinski definition) is 0. The van der Waals surface area contributed by atoms with Gasteiger partial charge in [-0.05, 0) is 13.8 Å². The number of carbonyl (C=O) groups excluding carboxylic acids is 2. The molecule has 1 amide bonds. The third-order valence-corrected chi connectivity index (χ3v) is 2.94. The van der Waals surface area contributed by atoms with Crippen LogP contribution in [0.5, 0.6) is 0 Å². The van der Waals surface area contributed by atoms with E-state index >= 15 is 0 Å². The van der Waals surface area contributed by atoms with Crippen LogP contribution in [0.4, 0.5) is 0 Å². The SMILES string of the molecule is CCOC(=O)C(=O)N(C)Cc1scnc1C. The highest BCUT2D eigenvalue weighted by atomic mass is 32.1. The molecule has 1 heterocycles. The van der Waals surface area contributed by atoms with Crippen LogP contribution < -0.4 is 0 Å². The lowest BCUT2D eigenvalue weighted by Gasteiger charge is -2.14. The van der Waals surface area contributed by atoms with Gasteiger partial charge in [-0.2, -0.15) is 0 Å². The molecule has 16 heavy (non-hydrogen) atoms. The van der Waals surface area contributed by atoms with Gasteiger partial charge in [0, 0.05) is 11.9 Å². The fourth-order valence-corrected chi connectivity index (χ4v) is 1.94. The predicted molar refractivity (Wildman–Crippen MR) is 60.0 cm³/mol. The van der Waals surface area contributed by atoms with Crippen molar-refractivity contribution in [3.05, 3.63) is 16.1 Å². The summed E-state index contributed by atoms with van der Waals surface area (Å²) in [5.74, 6) is -1.44. The smallest absolute Gasteiger partial charge is 0.397 e. The molecular weight excluding hydrogens is 228 g/mol. The van der Waals surface area contributed by atoms with Gasteiger partial charge in [-0.25, -0.2) is 9.78 Å². The number of aromatic nitrogens is 1. The van der Waals surface area contributed by atoms with Crippen molar-refractivity contribution >= 4 is 23.2 Å². The second kappa shape index (κ2) is 5.60. The number of amides is 1. The number of ether oxygens (including phenoxy) is 1. The topological polar surface area (TPSA) is 59.5 Å². The van der Waals surface area contributed by atoms with E-state index in [4.69, 9.17) is 0 Å². The first kappa shape index (κ1) is 12.6. The van der Waals surface area contributed by atoms with Crippen molar-refractivity contribution in [3.8, 4) is 0 Å². The van der Waals surface area contributed by atoms with Gasteiger partial charge in [0.2, 0.25) is 0 Å². The van der Waals surface area contributed by atoms with E-state index in [1.165, 1.54) is 16.2 Å².